The maximum Gasteiger partial charge on any atom is 0.327 e. The standard InChI is InChI=1S/C27H33NO5S/c1-2-3-4-5-6-12-20-33-27(30)25(26(29)22-15-8-7-9-16-22)28-34(31,32)24-19-13-17-21-14-10-11-18-23(21)24/h7-11,13-19,25-26,28-29H,2-6,12,20H2,1H3/t25-,26+/m0/s1. The van der Waals surface area contributed by atoms with Crippen LogP contribution in [0.25, 0.3) is 10.8 Å². The lowest BCUT2D eigenvalue weighted by atomic mass is 10.0. The number of nitrogens with one attached hydrogen (secondary N) is 1. The number of carbonyl (C=O) groups excluding carboxylic acids is 1. The Balaban J connectivity index is 1.78. The van der Waals surface area contributed by atoms with Gasteiger partial charge in [0, 0.05) is 5.39 Å². The minimum Gasteiger partial charge on any atom is -0.464 e. The van der Waals surface area contributed by atoms with Crippen molar-refractivity contribution in [3.63, 3.8) is 0 Å². The van der Waals surface area contributed by atoms with Gasteiger partial charge in [-0.2, -0.15) is 4.72 Å². The van der Waals surface area contributed by atoms with E-state index < -0.39 is 28.1 Å². The molecular formula is C27H33NO5S. The Hall–Kier alpha value is -2.74. The van der Waals surface area contributed by atoms with Gasteiger partial charge >= 0.3 is 5.97 Å². The first-order valence-corrected chi connectivity index (χ1v) is 13.3. The van der Waals surface area contributed by atoms with E-state index in [2.05, 4.69) is 11.6 Å². The third-order valence-corrected chi connectivity index (χ3v) is 7.27. The number of unbranched alkanes of at least 4 members (excludes halogenated alkanes) is 5. The monoisotopic (exact) mass is 483 g/mol. The van der Waals surface area contributed by atoms with Crippen LogP contribution in [0.3, 0.4) is 0 Å². The molecule has 3 aromatic rings. The van der Waals surface area contributed by atoms with Crippen molar-refractivity contribution < 1.29 is 23.1 Å². The fourth-order valence-corrected chi connectivity index (χ4v) is 5.31. The molecule has 7 heteroatoms. The molecule has 2 atom stereocenters. The molecule has 3 rings (SSSR count). The summed E-state index contributed by atoms with van der Waals surface area (Å²) in [7, 11) is -4.14. The summed E-state index contributed by atoms with van der Waals surface area (Å²) in [5, 5.41) is 12.2. The Bertz CT molecular complexity index is 1160. The van der Waals surface area contributed by atoms with E-state index in [4.69, 9.17) is 4.74 Å². The normalized spacial score (nSPS) is 13.5. The smallest absolute Gasteiger partial charge is 0.327 e. The molecule has 0 saturated heterocycles. The molecule has 2 N–H and O–H groups in total. The van der Waals surface area contributed by atoms with Gasteiger partial charge in [-0.1, -0.05) is 106 Å². The highest BCUT2D eigenvalue weighted by molar-refractivity contribution is 7.89. The Morgan fingerprint density at radius 2 is 1.53 bits per heavy atom. The van der Waals surface area contributed by atoms with Crippen LogP contribution in [-0.4, -0.2) is 32.1 Å². The molecule has 0 heterocycles. The minimum absolute atomic E-state index is 0.0413. The van der Waals surface area contributed by atoms with Crippen molar-refractivity contribution in [2.24, 2.45) is 0 Å². The van der Waals surface area contributed by atoms with E-state index in [0.29, 0.717) is 17.4 Å². The molecule has 34 heavy (non-hydrogen) atoms. The number of ether oxygens (including phenoxy) is 1. The maximum atomic E-state index is 13.3. The van der Waals surface area contributed by atoms with Crippen LogP contribution in [0.1, 0.15) is 57.1 Å². The lowest BCUT2D eigenvalue weighted by molar-refractivity contribution is -0.148. The molecule has 0 spiro atoms. The van der Waals surface area contributed by atoms with Crippen LogP contribution < -0.4 is 4.72 Å². The van der Waals surface area contributed by atoms with Gasteiger partial charge in [0.25, 0.3) is 0 Å². The second-order valence-electron chi connectivity index (χ2n) is 8.37. The van der Waals surface area contributed by atoms with Gasteiger partial charge in [-0.25, -0.2) is 8.42 Å². The summed E-state index contributed by atoms with van der Waals surface area (Å²) in [6.07, 6.45) is 4.77. The molecule has 0 unspecified atom stereocenters. The third-order valence-electron chi connectivity index (χ3n) is 5.77. The molecule has 0 amide bonds. The van der Waals surface area contributed by atoms with Gasteiger partial charge < -0.3 is 9.84 Å². The highest BCUT2D eigenvalue weighted by atomic mass is 32.2. The maximum absolute atomic E-state index is 13.3. The summed E-state index contributed by atoms with van der Waals surface area (Å²) in [4.78, 5) is 13.0. The van der Waals surface area contributed by atoms with Gasteiger partial charge in [-0.05, 0) is 23.4 Å². The quantitative estimate of drug-likeness (QED) is 0.260. The van der Waals surface area contributed by atoms with Gasteiger partial charge in [0.1, 0.15) is 12.1 Å². The van der Waals surface area contributed by atoms with Gasteiger partial charge in [0.15, 0.2) is 0 Å². The van der Waals surface area contributed by atoms with E-state index in [1.54, 1.807) is 48.5 Å². The lowest BCUT2D eigenvalue weighted by Crippen LogP contribution is -2.46. The lowest BCUT2D eigenvalue weighted by Gasteiger charge is -2.23. The van der Waals surface area contributed by atoms with Crippen molar-refractivity contribution in [1.82, 2.24) is 4.72 Å². The number of hydrogen-bond donors (Lipinski definition) is 2. The predicted octanol–water partition coefficient (Wildman–Crippen LogP) is 5.12. The van der Waals surface area contributed by atoms with Crippen LogP contribution in [0.4, 0.5) is 0 Å². The number of hydrogen-bond acceptors (Lipinski definition) is 5. The van der Waals surface area contributed by atoms with E-state index in [0.717, 1.165) is 31.1 Å². The van der Waals surface area contributed by atoms with Crippen molar-refractivity contribution in [1.29, 1.82) is 0 Å². The van der Waals surface area contributed by atoms with Crippen LogP contribution in [0, 0.1) is 0 Å². The molecule has 3 aromatic carbocycles. The summed E-state index contributed by atoms with van der Waals surface area (Å²) >= 11 is 0. The largest absolute Gasteiger partial charge is 0.464 e. The zero-order valence-corrected chi connectivity index (χ0v) is 20.3. The Morgan fingerprint density at radius 1 is 0.882 bits per heavy atom. The second kappa shape index (κ2) is 12.6. The zero-order valence-electron chi connectivity index (χ0n) is 19.5. The number of benzene rings is 3. The highest BCUT2D eigenvalue weighted by Gasteiger charge is 2.34. The molecule has 0 bridgehead atoms. The zero-order chi connectivity index (χ0) is 24.4. The molecule has 0 aliphatic rings. The van der Waals surface area contributed by atoms with Gasteiger partial charge in [0.2, 0.25) is 10.0 Å². The van der Waals surface area contributed by atoms with Gasteiger partial charge in [-0.3, -0.25) is 4.79 Å². The molecule has 0 aromatic heterocycles. The number of esters is 1. The number of carbonyl (C=O) groups is 1. The van der Waals surface area contributed by atoms with Crippen LogP contribution in [0.2, 0.25) is 0 Å². The highest BCUT2D eigenvalue weighted by Crippen LogP contribution is 2.25. The number of aliphatic hydroxyl groups excluding tert-OH is 1. The predicted molar refractivity (Wildman–Crippen MR) is 134 cm³/mol. The SMILES string of the molecule is CCCCCCCCOC(=O)[C@@H](NS(=O)(=O)c1cccc2ccccc12)[C@H](O)c1ccccc1. The van der Waals surface area contributed by atoms with Crippen molar-refractivity contribution in [2.75, 3.05) is 6.61 Å². The van der Waals surface area contributed by atoms with Crippen LogP contribution in [-0.2, 0) is 19.6 Å². The van der Waals surface area contributed by atoms with E-state index in [1.807, 2.05) is 18.2 Å². The van der Waals surface area contributed by atoms with Crippen LogP contribution >= 0.6 is 0 Å². The Morgan fingerprint density at radius 3 is 2.29 bits per heavy atom. The van der Waals surface area contributed by atoms with Gasteiger partial charge in [-0.15, -0.1) is 0 Å². The van der Waals surface area contributed by atoms with Crippen molar-refractivity contribution in [3.05, 3.63) is 78.4 Å². The topological polar surface area (TPSA) is 92.7 Å². The van der Waals surface area contributed by atoms with E-state index in [-0.39, 0.29) is 11.5 Å². The van der Waals surface area contributed by atoms with Crippen molar-refractivity contribution in [3.8, 4) is 0 Å². The molecule has 182 valence electrons. The molecule has 0 saturated carbocycles. The summed E-state index contributed by atoms with van der Waals surface area (Å²) in [5.41, 5.74) is 0.421. The van der Waals surface area contributed by atoms with E-state index in [1.165, 1.54) is 12.5 Å². The first-order chi connectivity index (χ1) is 16.4. The molecule has 6 nitrogen and oxygen atoms in total. The molecular weight excluding hydrogens is 450 g/mol. The second-order valence-corrected chi connectivity index (χ2v) is 10.0. The summed E-state index contributed by atoms with van der Waals surface area (Å²) in [5.74, 6) is -0.797. The van der Waals surface area contributed by atoms with Crippen molar-refractivity contribution in [2.45, 2.75) is 62.5 Å². The Kier molecular flexibility index (Phi) is 9.62. The van der Waals surface area contributed by atoms with Crippen LogP contribution in [0.15, 0.2) is 77.7 Å². The Labute approximate surface area is 202 Å². The van der Waals surface area contributed by atoms with E-state index in [9.17, 15) is 18.3 Å². The number of sulfonamides is 1. The number of rotatable bonds is 13. The first kappa shape index (κ1) is 25.9. The molecule has 0 aliphatic carbocycles. The summed E-state index contributed by atoms with van der Waals surface area (Å²) in [6.45, 7) is 2.33. The molecule has 0 radical (unpaired) electrons. The summed E-state index contributed by atoms with van der Waals surface area (Å²) in [6, 6.07) is 19.1. The van der Waals surface area contributed by atoms with E-state index >= 15 is 0 Å². The van der Waals surface area contributed by atoms with Crippen LogP contribution in [0.5, 0.6) is 0 Å². The number of aliphatic hydroxyl groups is 1. The minimum atomic E-state index is -4.14. The first-order valence-electron chi connectivity index (χ1n) is 11.8. The molecule has 0 fully saturated rings. The fourth-order valence-electron chi connectivity index (χ4n) is 3.89. The van der Waals surface area contributed by atoms with Gasteiger partial charge in [0.05, 0.1) is 11.5 Å². The average molecular weight is 484 g/mol. The fraction of sp³-hybridized carbons (Fsp3) is 0.370. The van der Waals surface area contributed by atoms with Crippen molar-refractivity contribution >= 4 is 26.8 Å². The third kappa shape index (κ3) is 6.88. The molecule has 0 aliphatic heterocycles. The number of fused-ring (bicyclic) bond motifs is 1. The average Bonchev–Trinajstić information content (AvgIpc) is 2.86. The summed E-state index contributed by atoms with van der Waals surface area (Å²) < 4.78 is 34.5.